The van der Waals surface area contributed by atoms with Gasteiger partial charge in [-0.25, -0.2) is 9.78 Å². The van der Waals surface area contributed by atoms with Crippen LogP contribution in [0, 0.1) is 6.92 Å². The number of aryl methyl sites for hydroxylation is 1. The molecule has 0 saturated heterocycles. The maximum Gasteiger partial charge on any atom is 0.330 e. The summed E-state index contributed by atoms with van der Waals surface area (Å²) in [4.78, 5) is 15.3. The van der Waals surface area contributed by atoms with Crippen LogP contribution in [0.1, 0.15) is 10.6 Å². The van der Waals surface area contributed by atoms with Gasteiger partial charge in [-0.2, -0.15) is 0 Å². The average Bonchev–Trinajstić information content (AvgIpc) is 2.65. The van der Waals surface area contributed by atoms with Crippen LogP contribution >= 0.6 is 11.3 Å². The summed E-state index contributed by atoms with van der Waals surface area (Å²) >= 11 is 1.65. The molecule has 0 aliphatic rings. The summed E-state index contributed by atoms with van der Waals surface area (Å²) in [6.07, 6.45) is 3.15. The van der Waals surface area contributed by atoms with E-state index in [1.807, 2.05) is 25.1 Å². The van der Waals surface area contributed by atoms with Crippen LogP contribution in [-0.4, -0.2) is 18.1 Å². The number of benzene rings is 1. The van der Waals surface area contributed by atoms with Gasteiger partial charge < -0.3 is 4.74 Å². The zero-order valence-corrected chi connectivity index (χ0v) is 9.88. The Morgan fingerprint density at radius 1 is 1.50 bits per heavy atom. The van der Waals surface area contributed by atoms with Crippen LogP contribution in [0.4, 0.5) is 0 Å². The molecule has 0 radical (unpaired) electrons. The number of methoxy groups -OCH3 is 1. The number of ether oxygens (including phenoxy) is 1. The molecule has 1 aromatic carbocycles. The van der Waals surface area contributed by atoms with Crippen molar-refractivity contribution in [1.82, 2.24) is 4.98 Å². The molecule has 16 heavy (non-hydrogen) atoms. The SMILES string of the molecule is COC(=O)C=Cc1ccc2nc(C)sc2c1. The molecule has 0 bridgehead atoms. The maximum absolute atomic E-state index is 10.9. The van der Waals surface area contributed by atoms with Crippen molar-refractivity contribution in [3.8, 4) is 0 Å². The van der Waals surface area contributed by atoms with Crippen LogP contribution in [0.3, 0.4) is 0 Å². The molecule has 0 unspecified atom stereocenters. The number of esters is 1. The highest BCUT2D eigenvalue weighted by Gasteiger charge is 2.00. The highest BCUT2D eigenvalue weighted by atomic mass is 32.1. The molecule has 4 heteroatoms. The third-order valence-electron chi connectivity index (χ3n) is 2.13. The summed E-state index contributed by atoms with van der Waals surface area (Å²) in [5, 5.41) is 1.05. The van der Waals surface area contributed by atoms with E-state index in [2.05, 4.69) is 9.72 Å². The highest BCUT2D eigenvalue weighted by molar-refractivity contribution is 7.18. The van der Waals surface area contributed by atoms with Crippen molar-refractivity contribution < 1.29 is 9.53 Å². The van der Waals surface area contributed by atoms with Crippen molar-refractivity contribution in [2.45, 2.75) is 6.92 Å². The fraction of sp³-hybridized carbons (Fsp3) is 0.167. The van der Waals surface area contributed by atoms with Gasteiger partial charge in [-0.15, -0.1) is 11.3 Å². The van der Waals surface area contributed by atoms with Gasteiger partial charge in [0, 0.05) is 6.08 Å². The van der Waals surface area contributed by atoms with E-state index in [-0.39, 0.29) is 5.97 Å². The molecule has 0 N–H and O–H groups in total. The van der Waals surface area contributed by atoms with Crippen molar-refractivity contribution in [2.24, 2.45) is 0 Å². The van der Waals surface area contributed by atoms with Crippen molar-refractivity contribution in [3.05, 3.63) is 34.8 Å². The molecule has 2 aromatic rings. The molecule has 82 valence electrons. The normalized spacial score (nSPS) is 11.1. The Bertz CT molecular complexity index is 557. The number of aromatic nitrogens is 1. The molecule has 0 fully saturated rings. The van der Waals surface area contributed by atoms with Gasteiger partial charge in [-0.05, 0) is 30.7 Å². The number of thiazole rings is 1. The molecule has 2 rings (SSSR count). The zero-order valence-electron chi connectivity index (χ0n) is 9.06. The van der Waals surface area contributed by atoms with Gasteiger partial charge in [0.1, 0.15) is 0 Å². The quantitative estimate of drug-likeness (QED) is 0.591. The summed E-state index contributed by atoms with van der Waals surface area (Å²) < 4.78 is 5.66. The van der Waals surface area contributed by atoms with Gasteiger partial charge in [0.15, 0.2) is 0 Å². The summed E-state index contributed by atoms with van der Waals surface area (Å²) in [5.74, 6) is -0.347. The number of nitrogens with zero attached hydrogens (tertiary/aromatic N) is 1. The predicted molar refractivity (Wildman–Crippen MR) is 65.4 cm³/mol. The van der Waals surface area contributed by atoms with Gasteiger partial charge in [0.05, 0.1) is 22.3 Å². The van der Waals surface area contributed by atoms with Crippen LogP contribution < -0.4 is 0 Å². The van der Waals surface area contributed by atoms with Crippen LogP contribution in [0.15, 0.2) is 24.3 Å². The van der Waals surface area contributed by atoms with E-state index >= 15 is 0 Å². The van der Waals surface area contributed by atoms with Crippen molar-refractivity contribution in [2.75, 3.05) is 7.11 Å². The summed E-state index contributed by atoms with van der Waals surface area (Å²) in [6, 6.07) is 5.90. The largest absolute Gasteiger partial charge is 0.466 e. The molecule has 0 aliphatic carbocycles. The minimum Gasteiger partial charge on any atom is -0.466 e. The van der Waals surface area contributed by atoms with Gasteiger partial charge in [-0.3, -0.25) is 0 Å². The van der Waals surface area contributed by atoms with E-state index in [0.29, 0.717) is 0 Å². The molecule has 0 amide bonds. The van der Waals surface area contributed by atoms with Crippen LogP contribution in [0.2, 0.25) is 0 Å². The first-order valence-electron chi connectivity index (χ1n) is 4.82. The molecule has 0 aliphatic heterocycles. The van der Waals surface area contributed by atoms with Gasteiger partial charge in [-0.1, -0.05) is 6.07 Å². The zero-order chi connectivity index (χ0) is 11.5. The number of fused-ring (bicyclic) bond motifs is 1. The van der Waals surface area contributed by atoms with Gasteiger partial charge in [0.25, 0.3) is 0 Å². The minimum atomic E-state index is -0.347. The standard InChI is InChI=1S/C12H11NO2S/c1-8-13-10-5-3-9(7-11(10)16-8)4-6-12(14)15-2/h3-7H,1-2H3. The van der Waals surface area contributed by atoms with E-state index in [4.69, 9.17) is 0 Å². The lowest BCUT2D eigenvalue weighted by atomic mass is 10.2. The predicted octanol–water partition coefficient (Wildman–Crippen LogP) is 2.79. The topological polar surface area (TPSA) is 39.2 Å². The number of hydrogen-bond donors (Lipinski definition) is 0. The van der Waals surface area contributed by atoms with Crippen LogP contribution in [-0.2, 0) is 9.53 Å². The molecule has 0 saturated carbocycles. The summed E-state index contributed by atoms with van der Waals surface area (Å²) in [6.45, 7) is 1.98. The first-order valence-corrected chi connectivity index (χ1v) is 5.64. The van der Waals surface area contributed by atoms with E-state index in [1.165, 1.54) is 13.2 Å². The fourth-order valence-corrected chi connectivity index (χ4v) is 2.27. The molecule has 0 spiro atoms. The summed E-state index contributed by atoms with van der Waals surface area (Å²) in [5.41, 5.74) is 1.97. The van der Waals surface area contributed by atoms with Crippen molar-refractivity contribution in [3.63, 3.8) is 0 Å². The maximum atomic E-state index is 10.9. The lowest BCUT2D eigenvalue weighted by Gasteiger charge is -1.93. The molecule has 0 atom stereocenters. The van der Waals surface area contributed by atoms with Gasteiger partial charge >= 0.3 is 5.97 Å². The lowest BCUT2D eigenvalue weighted by molar-refractivity contribution is -0.134. The monoisotopic (exact) mass is 233 g/mol. The van der Waals surface area contributed by atoms with Crippen LogP contribution in [0.25, 0.3) is 16.3 Å². The Balaban J connectivity index is 2.32. The second-order valence-electron chi connectivity index (χ2n) is 3.32. The third kappa shape index (κ3) is 2.28. The summed E-state index contributed by atoms with van der Waals surface area (Å²) in [7, 11) is 1.36. The van der Waals surface area contributed by atoms with Gasteiger partial charge in [0.2, 0.25) is 0 Å². The van der Waals surface area contributed by atoms with E-state index in [1.54, 1.807) is 17.4 Å². The Hall–Kier alpha value is -1.68. The number of carbonyl (C=O) groups is 1. The third-order valence-corrected chi connectivity index (χ3v) is 3.07. The molecular weight excluding hydrogens is 222 g/mol. The first kappa shape index (κ1) is 10.8. The Labute approximate surface area is 97.4 Å². The molecular formula is C12H11NO2S. The molecule has 3 nitrogen and oxygen atoms in total. The number of rotatable bonds is 2. The van der Waals surface area contributed by atoms with E-state index in [9.17, 15) is 4.79 Å². The second-order valence-corrected chi connectivity index (χ2v) is 4.55. The number of carbonyl (C=O) groups excluding carboxylic acids is 1. The average molecular weight is 233 g/mol. The number of hydrogen-bond acceptors (Lipinski definition) is 4. The van der Waals surface area contributed by atoms with Crippen LogP contribution in [0.5, 0.6) is 0 Å². The molecule has 1 aromatic heterocycles. The minimum absolute atomic E-state index is 0.347. The van der Waals surface area contributed by atoms with Crippen molar-refractivity contribution in [1.29, 1.82) is 0 Å². The first-order chi connectivity index (χ1) is 7.69. The van der Waals surface area contributed by atoms with E-state index < -0.39 is 0 Å². The Kier molecular flexibility index (Phi) is 3.01. The highest BCUT2D eigenvalue weighted by Crippen LogP contribution is 2.23. The van der Waals surface area contributed by atoms with Crippen molar-refractivity contribution >= 4 is 33.6 Å². The Morgan fingerprint density at radius 3 is 3.06 bits per heavy atom. The lowest BCUT2D eigenvalue weighted by Crippen LogP contribution is -1.93. The van der Waals surface area contributed by atoms with E-state index in [0.717, 1.165) is 20.8 Å². The smallest absolute Gasteiger partial charge is 0.330 e. The second kappa shape index (κ2) is 4.45. The molecule has 1 heterocycles. The Morgan fingerprint density at radius 2 is 2.31 bits per heavy atom. The fourth-order valence-electron chi connectivity index (χ4n) is 1.39.